The van der Waals surface area contributed by atoms with Gasteiger partial charge in [0, 0.05) is 5.56 Å². The molecule has 3 aliphatic rings. The minimum atomic E-state index is -1.05. The number of amides is 2. The molecule has 0 spiro atoms. The molecule has 0 unspecified atom stereocenters. The zero-order valence-corrected chi connectivity index (χ0v) is 15.7. The number of nitrogens with zero attached hydrogens (tertiary/aromatic N) is 1. The third-order valence-electron chi connectivity index (χ3n) is 5.97. The van der Waals surface area contributed by atoms with E-state index in [-0.39, 0.29) is 35.5 Å². The van der Waals surface area contributed by atoms with Gasteiger partial charge in [-0.3, -0.25) is 19.3 Å². The van der Waals surface area contributed by atoms with Gasteiger partial charge in [0.2, 0.25) is 11.8 Å². The topological polar surface area (TPSA) is 90.0 Å². The molecule has 7 nitrogen and oxygen atoms in total. The van der Waals surface area contributed by atoms with Crippen LogP contribution in [-0.4, -0.2) is 48.2 Å². The molecule has 2 fully saturated rings. The number of carbonyl (C=O) groups is 4. The number of Topliss-reactive ketones (excluding diaryl/α,β-unsaturated/α-hetero) is 1. The van der Waals surface area contributed by atoms with Crippen LogP contribution in [0.15, 0.2) is 36.4 Å². The molecule has 0 radical (unpaired) electrons. The largest absolute Gasteiger partial charge is 0.497 e. The molecular formula is C21H21NO6. The molecule has 1 aromatic rings. The van der Waals surface area contributed by atoms with E-state index >= 15 is 0 Å². The van der Waals surface area contributed by atoms with Crippen LogP contribution in [-0.2, 0) is 19.1 Å². The lowest BCUT2D eigenvalue weighted by molar-refractivity contribution is -0.157. The van der Waals surface area contributed by atoms with Crippen molar-refractivity contribution in [2.45, 2.75) is 19.4 Å². The highest BCUT2D eigenvalue weighted by atomic mass is 16.5. The number of allylic oxidation sites excluding steroid dienone is 2. The van der Waals surface area contributed by atoms with Crippen LogP contribution in [0, 0.1) is 23.7 Å². The Bertz CT molecular complexity index is 861. The number of rotatable bonds is 6. The molecule has 0 N–H and O–H groups in total. The first kappa shape index (κ1) is 18.4. The van der Waals surface area contributed by atoms with Crippen molar-refractivity contribution >= 4 is 23.6 Å². The van der Waals surface area contributed by atoms with Crippen molar-refractivity contribution in [3.05, 3.63) is 42.0 Å². The normalized spacial score (nSPS) is 28.4. The molecule has 1 heterocycles. The van der Waals surface area contributed by atoms with Gasteiger partial charge in [0.1, 0.15) is 11.8 Å². The van der Waals surface area contributed by atoms with Crippen molar-refractivity contribution in [3.63, 3.8) is 0 Å². The van der Waals surface area contributed by atoms with Crippen LogP contribution in [0.5, 0.6) is 5.75 Å². The molecule has 146 valence electrons. The van der Waals surface area contributed by atoms with E-state index < -0.39 is 24.4 Å². The summed E-state index contributed by atoms with van der Waals surface area (Å²) in [5, 5.41) is 0. The molecule has 4 rings (SSSR count). The predicted octanol–water partition coefficient (Wildman–Crippen LogP) is 1.62. The number of hydrogen-bond donors (Lipinski definition) is 0. The maximum atomic E-state index is 12.7. The zero-order valence-electron chi connectivity index (χ0n) is 15.7. The quantitative estimate of drug-likeness (QED) is 0.321. The van der Waals surface area contributed by atoms with E-state index in [1.54, 1.807) is 24.3 Å². The fourth-order valence-electron chi connectivity index (χ4n) is 4.55. The van der Waals surface area contributed by atoms with Gasteiger partial charge in [-0.2, -0.15) is 0 Å². The molecule has 2 aliphatic carbocycles. The Balaban J connectivity index is 1.39. The molecule has 2 amide bonds. The van der Waals surface area contributed by atoms with Crippen molar-refractivity contribution in [2.75, 3.05) is 13.7 Å². The van der Waals surface area contributed by atoms with Gasteiger partial charge in [-0.05, 0) is 37.3 Å². The van der Waals surface area contributed by atoms with Crippen molar-refractivity contribution < 1.29 is 28.7 Å². The van der Waals surface area contributed by atoms with Crippen molar-refractivity contribution in [3.8, 4) is 5.75 Å². The summed E-state index contributed by atoms with van der Waals surface area (Å²) in [6, 6.07) is 5.47. The third-order valence-corrected chi connectivity index (χ3v) is 5.97. The monoisotopic (exact) mass is 383 g/mol. The standard InChI is InChI=1S/C21H21NO6/c1-11(21(26)28-10-16(23)12-4-3-5-15(9-12)27-2)22-19(24)17-13-6-7-14(8-13)18(17)20(22)25/h3-7,9,11,13-14,17-18H,8,10H2,1-2H3/t11-,13-,14+,17-,18+/m1/s1. The number of imide groups is 1. The maximum Gasteiger partial charge on any atom is 0.329 e. The summed E-state index contributed by atoms with van der Waals surface area (Å²) in [6.45, 7) is 0.997. The van der Waals surface area contributed by atoms with Crippen LogP contribution >= 0.6 is 0 Å². The Morgan fingerprint density at radius 1 is 1.14 bits per heavy atom. The number of hydrogen-bond acceptors (Lipinski definition) is 6. The van der Waals surface area contributed by atoms with E-state index in [1.165, 1.54) is 14.0 Å². The van der Waals surface area contributed by atoms with E-state index in [2.05, 4.69) is 0 Å². The third kappa shape index (κ3) is 2.82. The number of carbonyl (C=O) groups excluding carboxylic acids is 4. The van der Waals surface area contributed by atoms with E-state index in [4.69, 9.17) is 9.47 Å². The summed E-state index contributed by atoms with van der Waals surface area (Å²) in [4.78, 5) is 51.2. The van der Waals surface area contributed by atoms with Crippen LogP contribution in [0.4, 0.5) is 0 Å². The van der Waals surface area contributed by atoms with Gasteiger partial charge in [-0.1, -0.05) is 24.3 Å². The molecular weight excluding hydrogens is 362 g/mol. The SMILES string of the molecule is COc1cccc(C(=O)COC(=O)[C@@H](C)N2C(=O)[C@@H]3[C@H](C2=O)[C@@H]2C=C[C@H]3C2)c1. The second-order valence-corrected chi connectivity index (χ2v) is 7.49. The number of ether oxygens (including phenoxy) is 2. The zero-order chi connectivity index (χ0) is 20.0. The molecule has 2 bridgehead atoms. The highest BCUT2D eigenvalue weighted by Crippen LogP contribution is 2.52. The van der Waals surface area contributed by atoms with Gasteiger partial charge in [0.05, 0.1) is 18.9 Å². The molecule has 0 aromatic heterocycles. The lowest BCUT2D eigenvalue weighted by Gasteiger charge is -2.23. The van der Waals surface area contributed by atoms with Crippen LogP contribution < -0.4 is 4.74 Å². The molecule has 1 saturated heterocycles. The van der Waals surface area contributed by atoms with Crippen LogP contribution in [0.1, 0.15) is 23.7 Å². The minimum Gasteiger partial charge on any atom is -0.497 e. The lowest BCUT2D eigenvalue weighted by atomic mass is 9.85. The highest BCUT2D eigenvalue weighted by molar-refractivity contribution is 6.09. The Kier molecular flexibility index (Phi) is 4.53. The van der Waals surface area contributed by atoms with Gasteiger partial charge in [-0.15, -0.1) is 0 Å². The van der Waals surface area contributed by atoms with E-state index in [0.717, 1.165) is 11.3 Å². The van der Waals surface area contributed by atoms with E-state index in [9.17, 15) is 19.2 Å². The Hall–Kier alpha value is -2.96. The first-order valence-corrected chi connectivity index (χ1v) is 9.31. The average molecular weight is 383 g/mol. The molecule has 28 heavy (non-hydrogen) atoms. The fourth-order valence-corrected chi connectivity index (χ4v) is 4.55. The average Bonchev–Trinajstić information content (AvgIpc) is 3.39. The molecule has 1 aliphatic heterocycles. The smallest absolute Gasteiger partial charge is 0.329 e. The van der Waals surface area contributed by atoms with E-state index in [1.807, 2.05) is 12.2 Å². The number of fused-ring (bicyclic) bond motifs is 5. The van der Waals surface area contributed by atoms with Crippen molar-refractivity contribution in [1.82, 2.24) is 4.90 Å². The Morgan fingerprint density at radius 2 is 1.79 bits per heavy atom. The molecule has 5 atom stereocenters. The van der Waals surface area contributed by atoms with Gasteiger partial charge >= 0.3 is 5.97 Å². The summed E-state index contributed by atoms with van der Waals surface area (Å²) in [5.41, 5.74) is 0.352. The second kappa shape index (κ2) is 6.89. The van der Waals surface area contributed by atoms with Gasteiger partial charge < -0.3 is 9.47 Å². The number of ketones is 1. The van der Waals surface area contributed by atoms with Crippen LogP contribution in [0.2, 0.25) is 0 Å². The van der Waals surface area contributed by atoms with Gasteiger partial charge in [0.25, 0.3) is 0 Å². The Labute approximate surface area is 162 Å². The van der Waals surface area contributed by atoms with Gasteiger partial charge in [-0.25, -0.2) is 4.79 Å². The summed E-state index contributed by atoms with van der Waals surface area (Å²) in [5.74, 6) is -1.83. The van der Waals surface area contributed by atoms with Crippen LogP contribution in [0.25, 0.3) is 0 Å². The number of likely N-dealkylation sites (tertiary alicyclic amines) is 1. The first-order valence-electron chi connectivity index (χ1n) is 9.31. The molecule has 1 saturated carbocycles. The highest BCUT2D eigenvalue weighted by Gasteiger charge is 2.60. The lowest BCUT2D eigenvalue weighted by Crippen LogP contribution is -2.45. The van der Waals surface area contributed by atoms with Gasteiger partial charge in [0.15, 0.2) is 12.4 Å². The maximum absolute atomic E-state index is 12.7. The number of esters is 1. The second-order valence-electron chi connectivity index (χ2n) is 7.49. The number of benzene rings is 1. The van der Waals surface area contributed by atoms with E-state index in [0.29, 0.717) is 11.3 Å². The predicted molar refractivity (Wildman–Crippen MR) is 97.3 cm³/mol. The van der Waals surface area contributed by atoms with Crippen LogP contribution in [0.3, 0.4) is 0 Å². The summed E-state index contributed by atoms with van der Waals surface area (Å²) in [6.07, 6.45) is 4.82. The molecule has 1 aromatic carbocycles. The Morgan fingerprint density at radius 3 is 2.39 bits per heavy atom. The summed E-state index contributed by atoms with van der Waals surface area (Å²) >= 11 is 0. The van der Waals surface area contributed by atoms with Crippen molar-refractivity contribution in [2.24, 2.45) is 23.7 Å². The minimum absolute atomic E-state index is 0.0781. The number of methoxy groups -OCH3 is 1. The first-order chi connectivity index (χ1) is 13.4. The van der Waals surface area contributed by atoms with Crippen molar-refractivity contribution in [1.29, 1.82) is 0 Å². The summed E-state index contributed by atoms with van der Waals surface area (Å²) < 4.78 is 10.2. The fraction of sp³-hybridized carbons (Fsp3) is 0.429. The summed E-state index contributed by atoms with van der Waals surface area (Å²) in [7, 11) is 1.49. The molecule has 7 heteroatoms.